The summed E-state index contributed by atoms with van der Waals surface area (Å²) in [5, 5.41) is 9.31. The molecule has 0 amide bonds. The lowest BCUT2D eigenvalue weighted by Gasteiger charge is -2.17. The highest BCUT2D eigenvalue weighted by Crippen LogP contribution is 2.34. The number of nitrogens with two attached hydrogens (primary N) is 1. The summed E-state index contributed by atoms with van der Waals surface area (Å²) in [6.07, 6.45) is 5.88. The summed E-state index contributed by atoms with van der Waals surface area (Å²) in [5.41, 5.74) is 9.63. The third-order valence-electron chi connectivity index (χ3n) is 3.45. The first-order valence-corrected chi connectivity index (χ1v) is 6.11. The predicted molar refractivity (Wildman–Crippen MR) is 66.5 cm³/mol. The number of nitriles is 1. The standard InChI is InChI=1S/C14H13N3O/c15-8-10-13(12-6-3-7-18-12)9-4-1-2-5-11(9)17-14(10)16/h3,6-7H,1-2,4-5H2,(H2,16,17)/p+1. The van der Waals surface area contributed by atoms with E-state index >= 15 is 0 Å². The Morgan fingerprint density at radius 2 is 2.17 bits per heavy atom. The summed E-state index contributed by atoms with van der Waals surface area (Å²) in [4.78, 5) is 3.16. The van der Waals surface area contributed by atoms with E-state index in [1.54, 1.807) is 6.26 Å². The van der Waals surface area contributed by atoms with Crippen LogP contribution in [-0.2, 0) is 12.8 Å². The van der Waals surface area contributed by atoms with Crippen molar-refractivity contribution >= 4 is 5.82 Å². The van der Waals surface area contributed by atoms with Crippen molar-refractivity contribution in [1.82, 2.24) is 0 Å². The largest absolute Gasteiger partial charge is 0.464 e. The van der Waals surface area contributed by atoms with Crippen molar-refractivity contribution in [2.45, 2.75) is 25.7 Å². The van der Waals surface area contributed by atoms with Crippen LogP contribution in [0.2, 0.25) is 0 Å². The van der Waals surface area contributed by atoms with Gasteiger partial charge in [-0.2, -0.15) is 5.26 Å². The number of nitrogen functional groups attached to an aromatic ring is 1. The van der Waals surface area contributed by atoms with Gasteiger partial charge in [-0.3, -0.25) is 5.73 Å². The summed E-state index contributed by atoms with van der Waals surface area (Å²) in [6.45, 7) is 0. The highest BCUT2D eigenvalue weighted by Gasteiger charge is 2.25. The van der Waals surface area contributed by atoms with Crippen LogP contribution in [-0.4, -0.2) is 0 Å². The Bertz CT molecular complexity index is 623. The number of aromatic nitrogens is 1. The van der Waals surface area contributed by atoms with E-state index in [1.807, 2.05) is 12.1 Å². The second-order valence-corrected chi connectivity index (χ2v) is 4.54. The van der Waals surface area contributed by atoms with Crippen molar-refractivity contribution in [2.75, 3.05) is 5.73 Å². The zero-order chi connectivity index (χ0) is 12.5. The van der Waals surface area contributed by atoms with Gasteiger partial charge in [0.15, 0.2) is 5.56 Å². The van der Waals surface area contributed by atoms with Crippen molar-refractivity contribution in [2.24, 2.45) is 0 Å². The van der Waals surface area contributed by atoms with Gasteiger partial charge in [0.2, 0.25) is 0 Å². The SMILES string of the molecule is N#Cc1c(N)[nH+]c2c(c1-c1ccco1)CCCC2. The molecule has 0 saturated heterocycles. The maximum atomic E-state index is 9.31. The van der Waals surface area contributed by atoms with Gasteiger partial charge in [0, 0.05) is 12.0 Å². The third kappa shape index (κ3) is 1.56. The van der Waals surface area contributed by atoms with E-state index in [0.717, 1.165) is 42.7 Å². The molecule has 18 heavy (non-hydrogen) atoms. The fourth-order valence-electron chi connectivity index (χ4n) is 2.64. The summed E-state index contributed by atoms with van der Waals surface area (Å²) in [6, 6.07) is 5.90. The Morgan fingerprint density at radius 3 is 2.89 bits per heavy atom. The number of aryl methyl sites for hydroxylation is 1. The lowest BCUT2D eigenvalue weighted by atomic mass is 9.89. The quantitative estimate of drug-likeness (QED) is 0.829. The monoisotopic (exact) mass is 240 g/mol. The molecular formula is C14H14N3O+. The highest BCUT2D eigenvalue weighted by molar-refractivity contribution is 5.74. The molecule has 0 fully saturated rings. The molecule has 0 aliphatic heterocycles. The number of nitrogens with one attached hydrogen (secondary N) is 1. The zero-order valence-electron chi connectivity index (χ0n) is 9.99. The molecule has 1 aliphatic carbocycles. The molecule has 0 atom stereocenters. The van der Waals surface area contributed by atoms with E-state index in [-0.39, 0.29) is 0 Å². The number of rotatable bonds is 1. The molecule has 0 saturated carbocycles. The Kier molecular flexibility index (Phi) is 2.52. The van der Waals surface area contributed by atoms with Crippen LogP contribution in [0.5, 0.6) is 0 Å². The first kappa shape index (κ1) is 10.8. The second-order valence-electron chi connectivity index (χ2n) is 4.54. The van der Waals surface area contributed by atoms with Gasteiger partial charge in [-0.1, -0.05) is 0 Å². The Balaban J connectivity index is 2.33. The molecule has 2 heterocycles. The van der Waals surface area contributed by atoms with Crippen LogP contribution in [0.15, 0.2) is 22.8 Å². The predicted octanol–water partition coefficient (Wildman–Crippen LogP) is 2.09. The van der Waals surface area contributed by atoms with E-state index in [0.29, 0.717) is 11.4 Å². The van der Waals surface area contributed by atoms with E-state index in [9.17, 15) is 5.26 Å². The van der Waals surface area contributed by atoms with Crippen LogP contribution < -0.4 is 10.7 Å². The minimum absolute atomic E-state index is 0.435. The van der Waals surface area contributed by atoms with E-state index < -0.39 is 0 Å². The Hall–Kier alpha value is -2.28. The van der Waals surface area contributed by atoms with Crippen LogP contribution in [0.1, 0.15) is 29.7 Å². The lowest BCUT2D eigenvalue weighted by Crippen LogP contribution is -2.24. The summed E-state index contributed by atoms with van der Waals surface area (Å²) >= 11 is 0. The van der Waals surface area contributed by atoms with Crippen LogP contribution in [0, 0.1) is 11.3 Å². The molecule has 4 heteroatoms. The van der Waals surface area contributed by atoms with E-state index in [4.69, 9.17) is 10.2 Å². The maximum Gasteiger partial charge on any atom is 0.289 e. The molecule has 4 nitrogen and oxygen atoms in total. The molecule has 2 aromatic heterocycles. The number of anilines is 1. The van der Waals surface area contributed by atoms with Crippen molar-refractivity contribution in [3.63, 3.8) is 0 Å². The van der Waals surface area contributed by atoms with Gasteiger partial charge in [-0.05, 0) is 31.4 Å². The number of nitrogens with zero attached hydrogens (tertiary/aromatic N) is 1. The number of aromatic amines is 1. The van der Waals surface area contributed by atoms with Gasteiger partial charge in [-0.15, -0.1) is 0 Å². The number of hydrogen-bond donors (Lipinski definition) is 1. The topological polar surface area (TPSA) is 77.1 Å². The van der Waals surface area contributed by atoms with Crippen LogP contribution in [0.25, 0.3) is 11.3 Å². The smallest absolute Gasteiger partial charge is 0.289 e. The minimum atomic E-state index is 0.435. The molecular weight excluding hydrogens is 226 g/mol. The molecule has 3 N–H and O–H groups in total. The number of fused-ring (bicyclic) bond motifs is 1. The molecule has 1 aliphatic rings. The number of hydrogen-bond acceptors (Lipinski definition) is 3. The van der Waals surface area contributed by atoms with Crippen LogP contribution >= 0.6 is 0 Å². The van der Waals surface area contributed by atoms with Gasteiger partial charge in [0.25, 0.3) is 5.82 Å². The van der Waals surface area contributed by atoms with Crippen molar-refractivity contribution < 1.29 is 9.40 Å². The third-order valence-corrected chi connectivity index (χ3v) is 3.45. The molecule has 90 valence electrons. The highest BCUT2D eigenvalue weighted by atomic mass is 16.3. The Labute approximate surface area is 105 Å². The van der Waals surface area contributed by atoms with E-state index in [2.05, 4.69) is 11.1 Å². The van der Waals surface area contributed by atoms with Crippen molar-refractivity contribution in [3.8, 4) is 17.4 Å². The number of pyridine rings is 1. The van der Waals surface area contributed by atoms with Crippen LogP contribution in [0.4, 0.5) is 5.82 Å². The molecule has 0 bridgehead atoms. The molecule has 0 aromatic carbocycles. The normalized spacial score (nSPS) is 13.9. The maximum absolute atomic E-state index is 9.31. The molecule has 2 aromatic rings. The number of H-pyrrole nitrogens is 1. The van der Waals surface area contributed by atoms with Gasteiger partial charge in [-0.25, -0.2) is 4.98 Å². The van der Waals surface area contributed by atoms with Gasteiger partial charge >= 0.3 is 0 Å². The van der Waals surface area contributed by atoms with Crippen LogP contribution in [0.3, 0.4) is 0 Å². The fraction of sp³-hybridized carbons (Fsp3) is 0.286. The zero-order valence-corrected chi connectivity index (χ0v) is 9.99. The minimum Gasteiger partial charge on any atom is -0.464 e. The summed E-state index contributed by atoms with van der Waals surface area (Å²) in [5.74, 6) is 1.16. The molecule has 0 unspecified atom stereocenters. The summed E-state index contributed by atoms with van der Waals surface area (Å²) in [7, 11) is 0. The molecule has 0 radical (unpaired) electrons. The number of furan rings is 1. The van der Waals surface area contributed by atoms with Gasteiger partial charge in [0.05, 0.1) is 11.8 Å². The molecule has 0 spiro atoms. The van der Waals surface area contributed by atoms with Crippen molar-refractivity contribution in [1.29, 1.82) is 5.26 Å². The lowest BCUT2D eigenvalue weighted by molar-refractivity contribution is -0.374. The van der Waals surface area contributed by atoms with E-state index in [1.165, 1.54) is 5.56 Å². The summed E-state index contributed by atoms with van der Waals surface area (Å²) < 4.78 is 5.46. The van der Waals surface area contributed by atoms with Crippen molar-refractivity contribution in [3.05, 3.63) is 35.2 Å². The molecule has 3 rings (SSSR count). The first-order chi connectivity index (χ1) is 8.81. The second kappa shape index (κ2) is 4.19. The average molecular weight is 240 g/mol. The fourth-order valence-corrected chi connectivity index (χ4v) is 2.64. The van der Waals surface area contributed by atoms with Gasteiger partial charge < -0.3 is 4.42 Å². The van der Waals surface area contributed by atoms with Gasteiger partial charge in [0.1, 0.15) is 17.5 Å². The first-order valence-electron chi connectivity index (χ1n) is 6.11. The Morgan fingerprint density at radius 1 is 1.33 bits per heavy atom. The average Bonchev–Trinajstić information content (AvgIpc) is 2.90.